The molecule has 0 saturated carbocycles. The fourth-order valence-electron chi connectivity index (χ4n) is 1.46. The minimum absolute atomic E-state index is 0.258. The van der Waals surface area contributed by atoms with Gasteiger partial charge in [0.15, 0.2) is 0 Å². The fourth-order valence-corrected chi connectivity index (χ4v) is 1.46. The third kappa shape index (κ3) is 3.98. The van der Waals surface area contributed by atoms with E-state index < -0.39 is 0 Å². The lowest BCUT2D eigenvalue weighted by atomic mass is 10.4. The number of rotatable bonds is 6. The molecule has 2 heterocycles. The van der Waals surface area contributed by atoms with Crippen molar-refractivity contribution in [3.05, 3.63) is 30.7 Å². The first kappa shape index (κ1) is 12.9. The van der Waals surface area contributed by atoms with Gasteiger partial charge in [0.1, 0.15) is 23.8 Å². The summed E-state index contributed by atoms with van der Waals surface area (Å²) in [7, 11) is 1.37. The summed E-state index contributed by atoms with van der Waals surface area (Å²) in [5.74, 6) is 1.90. The van der Waals surface area contributed by atoms with Crippen LogP contribution in [0.4, 0.5) is 17.5 Å². The Kier molecular flexibility index (Phi) is 4.33. The van der Waals surface area contributed by atoms with E-state index >= 15 is 0 Å². The van der Waals surface area contributed by atoms with E-state index in [2.05, 4.69) is 30.3 Å². The highest BCUT2D eigenvalue weighted by atomic mass is 16.5. The first-order valence-corrected chi connectivity index (χ1v) is 5.81. The van der Waals surface area contributed by atoms with E-state index in [0.717, 1.165) is 5.82 Å². The van der Waals surface area contributed by atoms with Gasteiger partial charge in [0.05, 0.1) is 13.5 Å². The van der Waals surface area contributed by atoms with Crippen molar-refractivity contribution in [3.8, 4) is 0 Å². The zero-order chi connectivity index (χ0) is 13.5. The molecule has 19 heavy (non-hydrogen) atoms. The van der Waals surface area contributed by atoms with Crippen LogP contribution in [0.5, 0.6) is 0 Å². The largest absolute Gasteiger partial charge is 0.469 e. The second kappa shape index (κ2) is 6.39. The normalized spacial score (nSPS) is 9.95. The van der Waals surface area contributed by atoms with Gasteiger partial charge < -0.3 is 20.4 Å². The van der Waals surface area contributed by atoms with Crippen LogP contribution in [0.3, 0.4) is 0 Å². The average molecular weight is 261 g/mol. The zero-order valence-corrected chi connectivity index (χ0v) is 10.5. The molecule has 0 aliphatic carbocycles. The molecule has 0 radical (unpaired) electrons. The molecule has 0 aliphatic rings. The van der Waals surface area contributed by atoms with Gasteiger partial charge in [-0.3, -0.25) is 4.79 Å². The van der Waals surface area contributed by atoms with Gasteiger partial charge in [-0.1, -0.05) is 0 Å². The maximum Gasteiger partial charge on any atom is 0.307 e. The first-order chi connectivity index (χ1) is 9.28. The van der Waals surface area contributed by atoms with Crippen molar-refractivity contribution in [2.75, 3.05) is 24.3 Å². The van der Waals surface area contributed by atoms with Gasteiger partial charge in [-0.05, 0) is 12.1 Å². The lowest BCUT2D eigenvalue weighted by molar-refractivity contribution is -0.140. The van der Waals surface area contributed by atoms with E-state index in [1.165, 1.54) is 13.4 Å². The number of esters is 1. The molecule has 2 aromatic rings. The van der Waals surface area contributed by atoms with Crippen molar-refractivity contribution in [2.45, 2.75) is 6.42 Å². The van der Waals surface area contributed by atoms with Crippen molar-refractivity contribution in [2.24, 2.45) is 0 Å². The summed E-state index contributed by atoms with van der Waals surface area (Å²) in [5.41, 5.74) is 0. The number of methoxy groups -OCH3 is 1. The summed E-state index contributed by atoms with van der Waals surface area (Å²) in [6.07, 6.45) is 3.56. The Hall–Kier alpha value is -2.57. The second-order valence-electron chi connectivity index (χ2n) is 3.75. The topological polar surface area (TPSA) is 91.9 Å². The molecule has 0 saturated heterocycles. The number of hydrogen-bond acceptors (Lipinski definition) is 6. The highest BCUT2D eigenvalue weighted by Gasteiger charge is 2.02. The van der Waals surface area contributed by atoms with E-state index in [-0.39, 0.29) is 5.97 Å². The van der Waals surface area contributed by atoms with Crippen LogP contribution in [-0.4, -0.2) is 34.6 Å². The van der Waals surface area contributed by atoms with Crippen molar-refractivity contribution < 1.29 is 9.53 Å². The Balaban J connectivity index is 1.90. The molecule has 7 nitrogen and oxygen atoms in total. The monoisotopic (exact) mass is 261 g/mol. The van der Waals surface area contributed by atoms with Crippen molar-refractivity contribution in [1.82, 2.24) is 15.0 Å². The Bertz CT molecular complexity index is 527. The molecule has 0 bridgehead atoms. The minimum Gasteiger partial charge on any atom is -0.469 e. The van der Waals surface area contributed by atoms with Gasteiger partial charge in [-0.2, -0.15) is 0 Å². The number of H-pyrrole nitrogens is 1. The van der Waals surface area contributed by atoms with Crippen LogP contribution >= 0.6 is 0 Å². The Morgan fingerprint density at radius 1 is 1.42 bits per heavy atom. The van der Waals surface area contributed by atoms with Gasteiger partial charge in [0, 0.05) is 18.8 Å². The van der Waals surface area contributed by atoms with E-state index in [1.807, 2.05) is 18.3 Å². The van der Waals surface area contributed by atoms with E-state index in [9.17, 15) is 4.79 Å². The molecule has 0 spiro atoms. The number of nitrogens with zero attached hydrogens (tertiary/aromatic N) is 2. The van der Waals surface area contributed by atoms with E-state index in [4.69, 9.17) is 0 Å². The van der Waals surface area contributed by atoms with Crippen LogP contribution in [-0.2, 0) is 9.53 Å². The molecule has 0 aromatic carbocycles. The van der Waals surface area contributed by atoms with Crippen molar-refractivity contribution in [1.29, 1.82) is 0 Å². The standard InChI is InChI=1S/C12H15N5O2/c1-19-12(18)4-6-14-10-7-11(16-8-15-10)17-9-3-2-5-13-9/h2-3,5,7-8,13H,4,6H2,1H3,(H2,14,15,16,17). The summed E-state index contributed by atoms with van der Waals surface area (Å²) in [4.78, 5) is 22.2. The van der Waals surface area contributed by atoms with Crippen LogP contribution in [0.25, 0.3) is 0 Å². The molecule has 7 heteroatoms. The number of hydrogen-bond donors (Lipinski definition) is 3. The number of ether oxygens (including phenoxy) is 1. The molecule has 100 valence electrons. The van der Waals surface area contributed by atoms with E-state index in [1.54, 1.807) is 6.07 Å². The number of anilines is 3. The number of nitrogens with one attached hydrogen (secondary N) is 3. The van der Waals surface area contributed by atoms with Gasteiger partial charge in [-0.15, -0.1) is 0 Å². The first-order valence-electron chi connectivity index (χ1n) is 5.81. The molecule has 0 unspecified atom stereocenters. The predicted octanol–water partition coefficient (Wildman–Crippen LogP) is 1.52. The molecule has 0 atom stereocenters. The van der Waals surface area contributed by atoms with Crippen LogP contribution in [0.2, 0.25) is 0 Å². The Morgan fingerprint density at radius 3 is 3.00 bits per heavy atom. The second-order valence-corrected chi connectivity index (χ2v) is 3.75. The highest BCUT2D eigenvalue weighted by molar-refractivity contribution is 5.69. The van der Waals surface area contributed by atoms with Gasteiger partial charge in [-0.25, -0.2) is 9.97 Å². The minimum atomic E-state index is -0.258. The lowest BCUT2D eigenvalue weighted by Gasteiger charge is -2.07. The van der Waals surface area contributed by atoms with E-state index in [0.29, 0.717) is 24.6 Å². The summed E-state index contributed by atoms with van der Waals surface area (Å²) in [5, 5.41) is 6.12. The van der Waals surface area contributed by atoms with Crippen LogP contribution in [0, 0.1) is 0 Å². The van der Waals surface area contributed by atoms with Gasteiger partial charge in [0.25, 0.3) is 0 Å². The number of aromatic amines is 1. The fraction of sp³-hybridized carbons (Fsp3) is 0.250. The van der Waals surface area contributed by atoms with Crippen LogP contribution in [0.15, 0.2) is 30.7 Å². The molecular formula is C12H15N5O2. The van der Waals surface area contributed by atoms with Crippen LogP contribution < -0.4 is 10.6 Å². The Labute approximate surface area is 110 Å². The molecular weight excluding hydrogens is 246 g/mol. The summed E-state index contributed by atoms with van der Waals surface area (Å²) < 4.78 is 4.55. The third-order valence-corrected chi connectivity index (χ3v) is 2.39. The molecule has 0 aliphatic heterocycles. The molecule has 0 fully saturated rings. The predicted molar refractivity (Wildman–Crippen MR) is 71.2 cm³/mol. The smallest absolute Gasteiger partial charge is 0.307 e. The molecule has 0 amide bonds. The molecule has 2 aromatic heterocycles. The maximum atomic E-state index is 11.0. The average Bonchev–Trinajstić information content (AvgIpc) is 2.92. The summed E-state index contributed by atoms with van der Waals surface area (Å²) in [6.45, 7) is 0.464. The van der Waals surface area contributed by atoms with Crippen molar-refractivity contribution in [3.63, 3.8) is 0 Å². The van der Waals surface area contributed by atoms with Gasteiger partial charge in [0.2, 0.25) is 0 Å². The maximum absolute atomic E-state index is 11.0. The van der Waals surface area contributed by atoms with Gasteiger partial charge >= 0.3 is 5.97 Å². The van der Waals surface area contributed by atoms with Crippen LogP contribution in [0.1, 0.15) is 6.42 Å². The summed E-state index contributed by atoms with van der Waals surface area (Å²) in [6, 6.07) is 5.55. The SMILES string of the molecule is COC(=O)CCNc1cc(Nc2ccc[nH]2)ncn1. The number of carbonyl (C=O) groups excluding carboxylic acids is 1. The summed E-state index contributed by atoms with van der Waals surface area (Å²) >= 11 is 0. The highest BCUT2D eigenvalue weighted by Crippen LogP contribution is 2.13. The molecule has 3 N–H and O–H groups in total. The lowest BCUT2D eigenvalue weighted by Crippen LogP contribution is -2.10. The number of aromatic nitrogens is 3. The van der Waals surface area contributed by atoms with Crippen molar-refractivity contribution >= 4 is 23.4 Å². The Morgan fingerprint density at radius 2 is 2.26 bits per heavy atom. The third-order valence-electron chi connectivity index (χ3n) is 2.39. The number of carbonyl (C=O) groups is 1. The zero-order valence-electron chi connectivity index (χ0n) is 10.5. The molecule has 2 rings (SSSR count). The quantitative estimate of drug-likeness (QED) is 0.683.